The molecule has 0 bridgehead atoms. The van der Waals surface area contributed by atoms with E-state index in [-0.39, 0.29) is 33.9 Å². The largest absolute Gasteiger partial charge is 0.478 e. The lowest BCUT2D eigenvalue weighted by atomic mass is 9.97. The molecule has 0 spiro atoms. The van der Waals surface area contributed by atoms with Crippen LogP contribution in [0, 0.1) is 24.5 Å². The first-order chi connectivity index (χ1) is 21.3. The summed E-state index contributed by atoms with van der Waals surface area (Å²) in [6.07, 6.45) is 2.31. The fourth-order valence-electron chi connectivity index (χ4n) is 5.81. The number of rotatable bonds is 9. The number of aromatic amines is 1. The van der Waals surface area contributed by atoms with Gasteiger partial charge in [0.1, 0.15) is 17.1 Å². The van der Waals surface area contributed by atoms with E-state index in [0.717, 1.165) is 50.2 Å². The zero-order valence-corrected chi connectivity index (χ0v) is 24.6. The van der Waals surface area contributed by atoms with E-state index in [9.17, 15) is 9.90 Å². The van der Waals surface area contributed by atoms with Gasteiger partial charge < -0.3 is 19.6 Å². The second-order valence-electron chi connectivity index (χ2n) is 11.3. The Morgan fingerprint density at radius 1 is 0.977 bits per heavy atom. The Labute approximate surface area is 254 Å². The van der Waals surface area contributed by atoms with E-state index in [1.54, 1.807) is 38.3 Å². The summed E-state index contributed by atoms with van der Waals surface area (Å²) in [4.78, 5) is 20.9. The number of imidazole rings is 1. The van der Waals surface area contributed by atoms with E-state index in [0.29, 0.717) is 17.0 Å². The SMILES string of the molecule is COCC1CCN(Cc2ccc(-c3ccc(-c4c(F)cc5[nH]c(Oc6ccc(C)c(C(=O)O)c6)nc5c4F)cc3)cc2)CC1. The van der Waals surface area contributed by atoms with Gasteiger partial charge in [0.15, 0.2) is 5.82 Å². The molecule has 1 saturated heterocycles. The fraction of sp³-hybridized carbons (Fsp3) is 0.257. The fourth-order valence-corrected chi connectivity index (χ4v) is 5.81. The minimum absolute atomic E-state index is 0.0756. The number of nitrogens with zero attached hydrogens (tertiary/aromatic N) is 2. The lowest BCUT2D eigenvalue weighted by Crippen LogP contribution is -2.34. The van der Waals surface area contributed by atoms with Crippen LogP contribution in [-0.4, -0.2) is 52.7 Å². The zero-order valence-electron chi connectivity index (χ0n) is 24.6. The average molecular weight is 598 g/mol. The summed E-state index contributed by atoms with van der Waals surface area (Å²) in [5.74, 6) is -1.79. The smallest absolute Gasteiger partial charge is 0.336 e. The minimum Gasteiger partial charge on any atom is -0.478 e. The van der Waals surface area contributed by atoms with Crippen molar-refractivity contribution in [3.63, 3.8) is 0 Å². The lowest BCUT2D eigenvalue weighted by molar-refractivity contribution is 0.0695. The molecule has 1 aliphatic heterocycles. The lowest BCUT2D eigenvalue weighted by Gasteiger charge is -2.31. The van der Waals surface area contributed by atoms with E-state index in [1.807, 2.05) is 12.1 Å². The number of carboxylic acids is 1. The maximum Gasteiger partial charge on any atom is 0.336 e. The third kappa shape index (κ3) is 6.20. The van der Waals surface area contributed by atoms with Crippen molar-refractivity contribution < 1.29 is 28.2 Å². The van der Waals surface area contributed by atoms with Gasteiger partial charge in [-0.05, 0) is 78.7 Å². The highest BCUT2D eigenvalue weighted by Gasteiger charge is 2.21. The summed E-state index contributed by atoms with van der Waals surface area (Å²) >= 11 is 0. The van der Waals surface area contributed by atoms with E-state index >= 15 is 8.78 Å². The van der Waals surface area contributed by atoms with Gasteiger partial charge in [0.25, 0.3) is 6.01 Å². The Balaban J connectivity index is 1.17. The van der Waals surface area contributed by atoms with Gasteiger partial charge in [-0.15, -0.1) is 0 Å². The highest BCUT2D eigenvalue weighted by molar-refractivity contribution is 5.90. The normalized spacial score (nSPS) is 14.3. The van der Waals surface area contributed by atoms with E-state index in [1.165, 1.54) is 17.7 Å². The molecule has 0 amide bonds. The molecule has 6 rings (SSSR count). The number of H-pyrrole nitrogens is 1. The van der Waals surface area contributed by atoms with Crippen LogP contribution in [0.2, 0.25) is 0 Å². The summed E-state index contributed by atoms with van der Waals surface area (Å²) < 4.78 is 41.8. The number of aromatic nitrogens is 2. The van der Waals surface area contributed by atoms with Crippen LogP contribution in [-0.2, 0) is 11.3 Å². The standard InChI is InChI=1S/C35H33F2N3O4/c1-21-3-12-27(17-28(21)34(41)42)44-35-38-30-18-29(36)31(32(37)33(30)39-35)26-10-8-25(9-11-26)24-6-4-22(5-7-24)19-40-15-13-23(14-16-40)20-43-2/h3-12,17-18,23H,13-16,19-20H2,1-2H3,(H,38,39)(H,41,42). The molecule has 0 aliphatic carbocycles. The first kappa shape index (κ1) is 29.5. The number of nitrogens with one attached hydrogen (secondary N) is 1. The molecule has 2 N–H and O–H groups in total. The van der Waals surface area contributed by atoms with Crippen LogP contribution in [0.3, 0.4) is 0 Å². The highest BCUT2D eigenvalue weighted by Crippen LogP contribution is 2.34. The number of hydrogen-bond acceptors (Lipinski definition) is 5. The number of ether oxygens (including phenoxy) is 2. The van der Waals surface area contributed by atoms with Gasteiger partial charge >= 0.3 is 5.97 Å². The number of aromatic carboxylic acids is 1. The molecule has 5 aromatic rings. The number of carbonyl (C=O) groups is 1. The number of benzene rings is 4. The molecule has 4 aromatic carbocycles. The molecule has 1 fully saturated rings. The van der Waals surface area contributed by atoms with Gasteiger partial charge in [-0.25, -0.2) is 13.6 Å². The topological polar surface area (TPSA) is 87.7 Å². The summed E-state index contributed by atoms with van der Waals surface area (Å²) in [6, 6.07) is 21.2. The molecular weight excluding hydrogens is 564 g/mol. The van der Waals surface area contributed by atoms with Crippen LogP contribution < -0.4 is 4.74 Å². The minimum atomic E-state index is -1.09. The van der Waals surface area contributed by atoms with Crippen LogP contribution in [0.5, 0.6) is 11.8 Å². The molecule has 44 heavy (non-hydrogen) atoms. The summed E-state index contributed by atoms with van der Waals surface area (Å²) in [5.41, 5.74) is 4.10. The Morgan fingerprint density at radius 3 is 2.30 bits per heavy atom. The van der Waals surface area contributed by atoms with Crippen molar-refractivity contribution in [1.82, 2.24) is 14.9 Å². The van der Waals surface area contributed by atoms with Gasteiger partial charge in [0.2, 0.25) is 0 Å². The van der Waals surface area contributed by atoms with Crippen molar-refractivity contribution in [2.24, 2.45) is 5.92 Å². The van der Waals surface area contributed by atoms with Crippen LogP contribution in [0.15, 0.2) is 72.8 Å². The monoisotopic (exact) mass is 597 g/mol. The molecule has 1 aliphatic rings. The predicted octanol–water partition coefficient (Wildman–Crippen LogP) is 7.83. The molecule has 226 valence electrons. The molecule has 0 unspecified atom stereocenters. The Kier molecular flexibility index (Phi) is 8.41. The summed E-state index contributed by atoms with van der Waals surface area (Å²) in [7, 11) is 1.76. The number of halogens is 2. The van der Waals surface area contributed by atoms with Gasteiger partial charge in [0.05, 0.1) is 16.6 Å². The molecular formula is C35H33F2N3O4. The van der Waals surface area contributed by atoms with Crippen LogP contribution in [0.4, 0.5) is 8.78 Å². The number of piperidine rings is 1. The first-order valence-corrected chi connectivity index (χ1v) is 14.6. The average Bonchev–Trinajstić information content (AvgIpc) is 3.42. The number of fused-ring (bicyclic) bond motifs is 1. The molecule has 0 saturated carbocycles. The number of carboxylic acid groups (broad SMARTS) is 1. The van der Waals surface area contributed by atoms with Gasteiger partial charge in [-0.1, -0.05) is 54.6 Å². The van der Waals surface area contributed by atoms with Gasteiger partial charge in [-0.2, -0.15) is 4.98 Å². The Bertz CT molecular complexity index is 1790. The van der Waals surface area contributed by atoms with Crippen molar-refractivity contribution in [3.8, 4) is 34.0 Å². The van der Waals surface area contributed by atoms with Crippen LogP contribution in [0.1, 0.15) is 34.3 Å². The predicted molar refractivity (Wildman–Crippen MR) is 165 cm³/mol. The maximum absolute atomic E-state index is 15.6. The zero-order chi connectivity index (χ0) is 30.8. The molecule has 2 heterocycles. The number of hydrogen-bond donors (Lipinski definition) is 2. The molecule has 7 nitrogen and oxygen atoms in total. The van der Waals surface area contributed by atoms with Crippen molar-refractivity contribution in [2.75, 3.05) is 26.8 Å². The maximum atomic E-state index is 15.6. The third-order valence-electron chi connectivity index (χ3n) is 8.28. The van der Waals surface area contributed by atoms with Crippen LogP contribution >= 0.6 is 0 Å². The number of aryl methyl sites for hydroxylation is 1. The molecule has 1 aromatic heterocycles. The third-order valence-corrected chi connectivity index (χ3v) is 8.28. The number of methoxy groups -OCH3 is 1. The quantitative estimate of drug-likeness (QED) is 0.180. The molecule has 0 atom stereocenters. The van der Waals surface area contributed by atoms with Gasteiger partial charge in [0, 0.05) is 26.3 Å². The van der Waals surface area contributed by atoms with Crippen molar-refractivity contribution in [3.05, 3.63) is 101 Å². The van der Waals surface area contributed by atoms with E-state index in [4.69, 9.17) is 9.47 Å². The second kappa shape index (κ2) is 12.6. The molecule has 0 radical (unpaired) electrons. The first-order valence-electron chi connectivity index (χ1n) is 14.6. The van der Waals surface area contributed by atoms with E-state index in [2.05, 4.69) is 39.1 Å². The van der Waals surface area contributed by atoms with Crippen molar-refractivity contribution >= 4 is 17.0 Å². The highest BCUT2D eigenvalue weighted by atomic mass is 19.1. The van der Waals surface area contributed by atoms with Gasteiger partial charge in [-0.3, -0.25) is 4.90 Å². The Morgan fingerprint density at radius 2 is 1.64 bits per heavy atom. The van der Waals surface area contributed by atoms with Crippen molar-refractivity contribution in [2.45, 2.75) is 26.3 Å². The van der Waals surface area contributed by atoms with Crippen molar-refractivity contribution in [1.29, 1.82) is 0 Å². The Hall–Kier alpha value is -4.60. The summed E-state index contributed by atoms with van der Waals surface area (Å²) in [6.45, 7) is 5.56. The molecule has 9 heteroatoms. The van der Waals surface area contributed by atoms with E-state index < -0.39 is 17.6 Å². The second-order valence-corrected chi connectivity index (χ2v) is 11.3. The number of likely N-dealkylation sites (tertiary alicyclic amines) is 1. The summed E-state index contributed by atoms with van der Waals surface area (Å²) in [5, 5.41) is 9.37. The van der Waals surface area contributed by atoms with Crippen LogP contribution in [0.25, 0.3) is 33.3 Å².